The van der Waals surface area contributed by atoms with E-state index in [2.05, 4.69) is 27.7 Å². The summed E-state index contributed by atoms with van der Waals surface area (Å²) < 4.78 is 17.8. The lowest BCUT2D eigenvalue weighted by Gasteiger charge is -2.46. The van der Waals surface area contributed by atoms with Crippen molar-refractivity contribution in [1.82, 2.24) is 0 Å². The monoisotopic (exact) mass is 594 g/mol. The van der Waals surface area contributed by atoms with E-state index >= 15 is 0 Å². The molecule has 0 rings (SSSR count). The third-order valence-electron chi connectivity index (χ3n) is 8.03. The molecule has 7 unspecified atom stereocenters. The summed E-state index contributed by atoms with van der Waals surface area (Å²) in [5.41, 5.74) is -2.37. The molecule has 0 bridgehead atoms. The third kappa shape index (κ3) is 16.3. The molecule has 0 spiro atoms. The van der Waals surface area contributed by atoms with Crippen molar-refractivity contribution in [2.45, 2.75) is 160 Å². The van der Waals surface area contributed by atoms with Crippen LogP contribution in [0, 0.1) is 5.92 Å². The van der Waals surface area contributed by atoms with Crippen LogP contribution in [0.1, 0.15) is 124 Å². The molecule has 0 aromatic carbocycles. The molecule has 6 N–H and O–H groups in total. The molecular weight excluding hydrogens is 528 g/mol. The van der Waals surface area contributed by atoms with Crippen molar-refractivity contribution < 1.29 is 44.8 Å². The number of ether oxygens (including phenoxy) is 3. The highest BCUT2D eigenvalue weighted by Gasteiger charge is 2.56. The van der Waals surface area contributed by atoms with Crippen LogP contribution in [0.25, 0.3) is 0 Å². The molecule has 0 amide bonds. The van der Waals surface area contributed by atoms with E-state index in [0.717, 1.165) is 83.5 Å². The van der Waals surface area contributed by atoms with Gasteiger partial charge in [0.15, 0.2) is 0 Å². The van der Waals surface area contributed by atoms with Gasteiger partial charge in [0.25, 0.3) is 0 Å². The van der Waals surface area contributed by atoms with Gasteiger partial charge >= 0.3 is 0 Å². The quantitative estimate of drug-likeness (QED) is 0.0676. The first-order valence-electron chi connectivity index (χ1n) is 16.6. The van der Waals surface area contributed by atoms with Gasteiger partial charge in [0.2, 0.25) is 0 Å². The van der Waals surface area contributed by atoms with E-state index in [-0.39, 0.29) is 19.8 Å². The summed E-state index contributed by atoms with van der Waals surface area (Å²) in [5, 5.41) is 64.9. The van der Waals surface area contributed by atoms with Gasteiger partial charge in [0.05, 0.1) is 19.8 Å². The highest BCUT2D eigenvalue weighted by Crippen LogP contribution is 2.31. The number of hydrogen-bond donors (Lipinski definition) is 6. The smallest absolute Gasteiger partial charge is 0.150 e. The van der Waals surface area contributed by atoms with Gasteiger partial charge in [-0.1, -0.05) is 105 Å². The van der Waals surface area contributed by atoms with Gasteiger partial charge in [-0.3, -0.25) is 0 Å². The average molecular weight is 595 g/mol. The molecule has 0 aliphatic heterocycles. The number of hydrogen-bond acceptors (Lipinski definition) is 9. The van der Waals surface area contributed by atoms with E-state index < -0.39 is 49.3 Å². The Balaban J connectivity index is 5.88. The van der Waals surface area contributed by atoms with E-state index in [1.54, 1.807) is 0 Å². The normalized spacial score (nSPS) is 18.0. The Kier molecular flexibility index (Phi) is 25.8. The summed E-state index contributed by atoms with van der Waals surface area (Å²) in [7, 11) is 0. The van der Waals surface area contributed by atoms with E-state index in [1.807, 2.05) is 0 Å². The Morgan fingerprint density at radius 2 is 1.02 bits per heavy atom. The van der Waals surface area contributed by atoms with E-state index in [4.69, 9.17) is 14.2 Å². The van der Waals surface area contributed by atoms with Crippen LogP contribution in [0.4, 0.5) is 0 Å². The molecule has 41 heavy (non-hydrogen) atoms. The highest BCUT2D eigenvalue weighted by molar-refractivity contribution is 5.05. The molecule has 0 saturated heterocycles. The molecule has 7 atom stereocenters. The highest BCUT2D eigenvalue weighted by atomic mass is 16.6. The number of unbranched alkanes of at least 4 members (excludes halogenated alkanes) is 10. The van der Waals surface area contributed by atoms with Crippen molar-refractivity contribution in [3.05, 3.63) is 0 Å². The fraction of sp³-hybridized carbons (Fsp3) is 1.00. The van der Waals surface area contributed by atoms with Gasteiger partial charge in [-0.25, -0.2) is 0 Å². The molecule has 0 aromatic heterocycles. The van der Waals surface area contributed by atoms with Crippen molar-refractivity contribution in [3.8, 4) is 0 Å². The lowest BCUT2D eigenvalue weighted by atomic mass is 9.79. The van der Waals surface area contributed by atoms with Crippen molar-refractivity contribution in [2.24, 2.45) is 5.92 Å². The molecule has 0 saturated carbocycles. The summed E-state index contributed by atoms with van der Waals surface area (Å²) in [5.74, 6) is 0.302. The molecule has 9 heteroatoms. The van der Waals surface area contributed by atoms with E-state index in [9.17, 15) is 30.6 Å². The molecule has 9 nitrogen and oxygen atoms in total. The Hall–Kier alpha value is -0.360. The lowest BCUT2D eigenvalue weighted by Crippen LogP contribution is -2.69. The summed E-state index contributed by atoms with van der Waals surface area (Å²) in [4.78, 5) is 0. The predicted molar refractivity (Wildman–Crippen MR) is 163 cm³/mol. The second kappa shape index (κ2) is 26.1. The minimum absolute atomic E-state index is 0.176. The first kappa shape index (κ1) is 40.6. The van der Waals surface area contributed by atoms with E-state index in [0.29, 0.717) is 25.4 Å². The first-order chi connectivity index (χ1) is 19.8. The van der Waals surface area contributed by atoms with Crippen LogP contribution in [-0.4, -0.2) is 106 Å². The summed E-state index contributed by atoms with van der Waals surface area (Å²) in [6.07, 6.45) is 7.11. The van der Waals surface area contributed by atoms with Crippen molar-refractivity contribution in [1.29, 1.82) is 0 Å². The molecule has 0 fully saturated rings. The second-order valence-electron chi connectivity index (χ2n) is 11.6. The Labute approximate surface area is 250 Å². The zero-order valence-electron chi connectivity index (χ0n) is 26.7. The minimum Gasteiger partial charge on any atom is -0.394 e. The Morgan fingerprint density at radius 1 is 0.585 bits per heavy atom. The van der Waals surface area contributed by atoms with Crippen LogP contribution >= 0.6 is 0 Å². The van der Waals surface area contributed by atoms with Gasteiger partial charge in [0, 0.05) is 19.8 Å². The summed E-state index contributed by atoms with van der Waals surface area (Å²) in [6, 6.07) is 0. The maximum absolute atomic E-state index is 12.2. The lowest BCUT2D eigenvalue weighted by molar-refractivity contribution is -0.273. The Bertz CT molecular complexity index is 567. The first-order valence-corrected chi connectivity index (χ1v) is 16.6. The largest absolute Gasteiger partial charge is 0.394 e. The SMILES string of the molecule is CCCCCCCCOC(C(O)CO)C(O)(C(O)COCC(CC)CCCC)C(OCCCCCCC)C(O)CO. The minimum atomic E-state index is -2.37. The van der Waals surface area contributed by atoms with E-state index in [1.165, 1.54) is 0 Å². The van der Waals surface area contributed by atoms with Gasteiger partial charge in [0.1, 0.15) is 36.1 Å². The predicted octanol–water partition coefficient (Wildman–Crippen LogP) is 4.12. The second-order valence-corrected chi connectivity index (χ2v) is 11.6. The molecule has 0 aromatic rings. The molecular formula is C32H66O9. The fourth-order valence-corrected chi connectivity index (χ4v) is 5.22. The molecule has 248 valence electrons. The van der Waals surface area contributed by atoms with Crippen molar-refractivity contribution in [3.63, 3.8) is 0 Å². The van der Waals surface area contributed by atoms with Crippen LogP contribution in [0.3, 0.4) is 0 Å². The van der Waals surface area contributed by atoms with Crippen LogP contribution in [0.15, 0.2) is 0 Å². The average Bonchev–Trinajstić information content (AvgIpc) is 2.98. The van der Waals surface area contributed by atoms with Crippen LogP contribution in [-0.2, 0) is 14.2 Å². The van der Waals surface area contributed by atoms with Crippen LogP contribution < -0.4 is 0 Å². The molecule has 0 aliphatic rings. The topological polar surface area (TPSA) is 149 Å². The number of aliphatic hydroxyl groups is 6. The van der Waals surface area contributed by atoms with Crippen LogP contribution in [0.5, 0.6) is 0 Å². The number of aliphatic hydroxyl groups excluding tert-OH is 5. The van der Waals surface area contributed by atoms with Crippen LogP contribution in [0.2, 0.25) is 0 Å². The summed E-state index contributed by atoms with van der Waals surface area (Å²) >= 11 is 0. The zero-order chi connectivity index (χ0) is 30.9. The van der Waals surface area contributed by atoms with Crippen molar-refractivity contribution >= 4 is 0 Å². The van der Waals surface area contributed by atoms with Gasteiger partial charge in [-0.2, -0.15) is 0 Å². The van der Waals surface area contributed by atoms with Gasteiger partial charge < -0.3 is 44.8 Å². The molecule has 0 radical (unpaired) electrons. The standard InChI is InChI=1S/C32H66O9/c1-5-9-12-14-16-18-21-41-31(28(36)23-34)32(38,29(37)25-39-24-26(8-4)19-11-7-3)30(27(35)22-33)40-20-17-15-13-10-6-2/h26-31,33-38H,5-25H2,1-4H3. The van der Waals surface area contributed by atoms with Gasteiger partial charge in [-0.15, -0.1) is 0 Å². The molecule has 0 aliphatic carbocycles. The third-order valence-corrected chi connectivity index (χ3v) is 8.03. The maximum Gasteiger partial charge on any atom is 0.150 e. The number of rotatable bonds is 30. The summed E-state index contributed by atoms with van der Waals surface area (Å²) in [6.45, 7) is 7.48. The van der Waals surface area contributed by atoms with Crippen molar-refractivity contribution in [2.75, 3.05) is 39.6 Å². The maximum atomic E-state index is 12.2. The zero-order valence-corrected chi connectivity index (χ0v) is 26.7. The fourth-order valence-electron chi connectivity index (χ4n) is 5.22. The van der Waals surface area contributed by atoms with Gasteiger partial charge in [-0.05, 0) is 25.2 Å². The molecule has 0 heterocycles. The Morgan fingerprint density at radius 3 is 1.44 bits per heavy atom.